The number of benzene rings is 1. The molecule has 0 radical (unpaired) electrons. The Hall–Kier alpha value is -1.46. The minimum atomic E-state index is -0.448. The van der Waals surface area contributed by atoms with E-state index in [-0.39, 0.29) is 36.6 Å². The maximum Gasteiger partial charge on any atom is 0.225 e. The zero-order valence-corrected chi connectivity index (χ0v) is 12.3. The molecule has 0 saturated carbocycles. The number of ether oxygens (including phenoxy) is 1. The lowest BCUT2D eigenvalue weighted by Gasteiger charge is -2.30. The number of hydrogen-bond donors (Lipinski definition) is 2. The molecule has 2 unspecified atom stereocenters. The molecule has 1 aromatic carbocycles. The fourth-order valence-electron chi connectivity index (χ4n) is 2.69. The van der Waals surface area contributed by atoms with Gasteiger partial charge in [0.1, 0.15) is 5.82 Å². The van der Waals surface area contributed by atoms with Crippen LogP contribution in [0.25, 0.3) is 0 Å². The Kier molecular flexibility index (Phi) is 5.70. The van der Waals surface area contributed by atoms with Crippen LogP contribution in [0.3, 0.4) is 0 Å². The van der Waals surface area contributed by atoms with Gasteiger partial charge in [-0.25, -0.2) is 4.39 Å². The van der Waals surface area contributed by atoms with Gasteiger partial charge in [-0.3, -0.25) is 4.79 Å². The van der Waals surface area contributed by atoms with Gasteiger partial charge in [-0.15, -0.1) is 0 Å². The first-order valence-corrected chi connectivity index (χ1v) is 7.43. The highest BCUT2D eigenvalue weighted by Crippen LogP contribution is 2.23. The average Bonchev–Trinajstić information content (AvgIpc) is 2.52. The lowest BCUT2D eigenvalue weighted by molar-refractivity contribution is -0.134. The van der Waals surface area contributed by atoms with Crippen LogP contribution in [0.1, 0.15) is 37.3 Å². The monoisotopic (exact) mass is 295 g/mol. The van der Waals surface area contributed by atoms with Gasteiger partial charge in [-0.1, -0.05) is 19.1 Å². The van der Waals surface area contributed by atoms with Crippen molar-refractivity contribution in [2.24, 2.45) is 5.92 Å². The molecule has 1 heterocycles. The molecule has 0 spiro atoms. The third-order valence-electron chi connectivity index (χ3n) is 3.93. The molecule has 1 amide bonds. The van der Waals surface area contributed by atoms with Crippen LogP contribution >= 0.6 is 0 Å². The van der Waals surface area contributed by atoms with Crippen LogP contribution < -0.4 is 5.32 Å². The van der Waals surface area contributed by atoms with Crippen molar-refractivity contribution in [3.63, 3.8) is 0 Å². The summed E-state index contributed by atoms with van der Waals surface area (Å²) in [6, 6.07) is 4.60. The molecule has 2 atom stereocenters. The standard InChI is InChI=1S/C16H22FNO3/c1-2-15-13(4-3-7-21-15)16(20)18-9-11-5-6-12(10-19)14(17)8-11/h5-6,8,13,15,19H,2-4,7,9-10H2,1H3,(H,18,20). The topological polar surface area (TPSA) is 58.6 Å². The van der Waals surface area contributed by atoms with Crippen molar-refractivity contribution in [2.75, 3.05) is 6.61 Å². The predicted molar refractivity (Wildman–Crippen MR) is 76.9 cm³/mol. The fraction of sp³-hybridized carbons (Fsp3) is 0.562. The molecule has 116 valence electrons. The van der Waals surface area contributed by atoms with E-state index in [9.17, 15) is 9.18 Å². The fourth-order valence-corrected chi connectivity index (χ4v) is 2.69. The number of halogens is 1. The number of carbonyl (C=O) groups excluding carboxylic acids is 1. The van der Waals surface area contributed by atoms with Crippen LogP contribution in [0.15, 0.2) is 18.2 Å². The number of hydrogen-bond acceptors (Lipinski definition) is 3. The first-order chi connectivity index (χ1) is 10.2. The van der Waals surface area contributed by atoms with E-state index in [2.05, 4.69) is 5.32 Å². The number of carbonyl (C=O) groups is 1. The molecule has 0 aliphatic carbocycles. The van der Waals surface area contributed by atoms with Gasteiger partial charge in [-0.05, 0) is 30.9 Å². The Morgan fingerprint density at radius 2 is 2.33 bits per heavy atom. The summed E-state index contributed by atoms with van der Waals surface area (Å²) in [5.41, 5.74) is 0.944. The van der Waals surface area contributed by atoms with E-state index >= 15 is 0 Å². The van der Waals surface area contributed by atoms with Gasteiger partial charge < -0.3 is 15.2 Å². The Balaban J connectivity index is 1.92. The normalized spacial score (nSPS) is 22.0. The van der Waals surface area contributed by atoms with Gasteiger partial charge >= 0.3 is 0 Å². The highest BCUT2D eigenvalue weighted by Gasteiger charge is 2.30. The number of rotatable bonds is 5. The summed E-state index contributed by atoms with van der Waals surface area (Å²) in [4.78, 5) is 12.2. The molecular formula is C16H22FNO3. The lowest BCUT2D eigenvalue weighted by atomic mass is 9.92. The molecule has 21 heavy (non-hydrogen) atoms. The van der Waals surface area contributed by atoms with Crippen molar-refractivity contribution < 1.29 is 19.0 Å². The molecule has 0 bridgehead atoms. The summed E-state index contributed by atoms with van der Waals surface area (Å²) >= 11 is 0. The van der Waals surface area contributed by atoms with E-state index in [0.717, 1.165) is 25.9 Å². The average molecular weight is 295 g/mol. The Morgan fingerprint density at radius 1 is 1.52 bits per heavy atom. The van der Waals surface area contributed by atoms with Crippen molar-refractivity contribution in [2.45, 2.75) is 45.4 Å². The zero-order chi connectivity index (χ0) is 15.2. The molecular weight excluding hydrogens is 273 g/mol. The minimum Gasteiger partial charge on any atom is -0.392 e. The van der Waals surface area contributed by atoms with Crippen molar-refractivity contribution >= 4 is 5.91 Å². The largest absolute Gasteiger partial charge is 0.392 e. The van der Waals surface area contributed by atoms with Crippen LogP contribution in [0, 0.1) is 11.7 Å². The van der Waals surface area contributed by atoms with Gasteiger partial charge in [0, 0.05) is 18.7 Å². The van der Waals surface area contributed by atoms with Crippen LogP contribution in [0.5, 0.6) is 0 Å². The van der Waals surface area contributed by atoms with Crippen LogP contribution in [0.4, 0.5) is 4.39 Å². The van der Waals surface area contributed by atoms with Gasteiger partial charge in [0.25, 0.3) is 0 Å². The van der Waals surface area contributed by atoms with E-state index < -0.39 is 5.82 Å². The SMILES string of the molecule is CCC1OCCCC1C(=O)NCc1ccc(CO)c(F)c1. The molecule has 1 fully saturated rings. The van der Waals surface area contributed by atoms with Crippen molar-refractivity contribution in [1.82, 2.24) is 5.32 Å². The molecule has 1 aromatic rings. The van der Waals surface area contributed by atoms with E-state index in [1.807, 2.05) is 6.92 Å². The second-order valence-corrected chi connectivity index (χ2v) is 5.37. The highest BCUT2D eigenvalue weighted by atomic mass is 19.1. The van der Waals surface area contributed by atoms with E-state index in [4.69, 9.17) is 9.84 Å². The second kappa shape index (κ2) is 7.52. The van der Waals surface area contributed by atoms with Crippen LogP contribution in [0.2, 0.25) is 0 Å². The van der Waals surface area contributed by atoms with Crippen LogP contribution in [-0.4, -0.2) is 23.7 Å². The zero-order valence-electron chi connectivity index (χ0n) is 12.3. The van der Waals surface area contributed by atoms with Gasteiger partial charge in [0.15, 0.2) is 0 Å². The van der Waals surface area contributed by atoms with Crippen molar-refractivity contribution in [1.29, 1.82) is 0 Å². The second-order valence-electron chi connectivity index (χ2n) is 5.37. The smallest absolute Gasteiger partial charge is 0.225 e. The first-order valence-electron chi connectivity index (χ1n) is 7.43. The Labute approximate surface area is 124 Å². The number of amides is 1. The summed E-state index contributed by atoms with van der Waals surface area (Å²) in [6.45, 7) is 2.69. The van der Waals surface area contributed by atoms with E-state index in [1.165, 1.54) is 12.1 Å². The molecule has 5 heteroatoms. The maximum absolute atomic E-state index is 13.6. The predicted octanol–water partition coefficient (Wildman–Crippen LogP) is 2.14. The summed E-state index contributed by atoms with van der Waals surface area (Å²) in [5, 5.41) is 11.8. The van der Waals surface area contributed by atoms with Gasteiger partial charge in [0.05, 0.1) is 18.6 Å². The van der Waals surface area contributed by atoms with E-state index in [1.54, 1.807) is 6.07 Å². The Morgan fingerprint density at radius 3 is 3.00 bits per heavy atom. The molecule has 0 aromatic heterocycles. The summed E-state index contributed by atoms with van der Waals surface area (Å²) in [5.74, 6) is -0.602. The third-order valence-corrected chi connectivity index (χ3v) is 3.93. The summed E-state index contributed by atoms with van der Waals surface area (Å²) < 4.78 is 19.2. The highest BCUT2D eigenvalue weighted by molar-refractivity contribution is 5.79. The molecule has 2 N–H and O–H groups in total. The molecule has 1 aliphatic rings. The summed E-state index contributed by atoms with van der Waals surface area (Å²) in [6.07, 6.45) is 2.53. The number of aliphatic hydroxyl groups excluding tert-OH is 1. The minimum absolute atomic E-state index is 0.0211. The molecule has 1 saturated heterocycles. The summed E-state index contributed by atoms with van der Waals surface area (Å²) in [7, 11) is 0. The van der Waals surface area contributed by atoms with Crippen LogP contribution in [-0.2, 0) is 22.7 Å². The van der Waals surface area contributed by atoms with Gasteiger partial charge in [-0.2, -0.15) is 0 Å². The number of aliphatic hydroxyl groups is 1. The van der Waals surface area contributed by atoms with Crippen molar-refractivity contribution in [3.05, 3.63) is 35.1 Å². The van der Waals surface area contributed by atoms with Crippen molar-refractivity contribution in [3.8, 4) is 0 Å². The first kappa shape index (κ1) is 15.9. The number of nitrogens with one attached hydrogen (secondary N) is 1. The third kappa shape index (κ3) is 4.02. The molecule has 4 nitrogen and oxygen atoms in total. The maximum atomic E-state index is 13.6. The quantitative estimate of drug-likeness (QED) is 0.875. The van der Waals surface area contributed by atoms with E-state index in [0.29, 0.717) is 5.56 Å². The Bertz CT molecular complexity index is 492. The molecule has 2 rings (SSSR count). The molecule has 1 aliphatic heterocycles. The van der Waals surface area contributed by atoms with Gasteiger partial charge in [0.2, 0.25) is 5.91 Å². The lowest BCUT2D eigenvalue weighted by Crippen LogP contribution is -2.41.